The Kier molecular flexibility index (Phi) is 9.94. The second-order valence-corrected chi connectivity index (χ2v) is 6.59. The zero-order chi connectivity index (χ0) is 21.1. The molecule has 1 nitrogen and oxygen atoms in total. The second kappa shape index (κ2) is 11.9. The fraction of sp³-hybridized carbons (Fsp3) is 0.280. The Balaban J connectivity index is 2.62. The molecule has 1 aromatic carbocycles. The van der Waals surface area contributed by atoms with Crippen LogP contribution in [0, 0.1) is 11.6 Å². The first-order valence-corrected chi connectivity index (χ1v) is 9.49. The highest BCUT2D eigenvalue weighted by Gasteiger charge is 2.14. The Morgan fingerprint density at radius 3 is 2.07 bits per heavy atom. The van der Waals surface area contributed by atoms with Gasteiger partial charge in [-0.25, -0.2) is 4.39 Å². The van der Waals surface area contributed by atoms with Crippen LogP contribution in [0.4, 0.5) is 8.78 Å². The van der Waals surface area contributed by atoms with Gasteiger partial charge in [0.05, 0.1) is 6.61 Å². The topological polar surface area (TPSA) is 9.23 Å². The number of hydrogen-bond donors (Lipinski definition) is 0. The fourth-order valence-electron chi connectivity index (χ4n) is 2.24. The van der Waals surface area contributed by atoms with Crippen LogP contribution in [-0.4, -0.2) is 6.61 Å². The summed E-state index contributed by atoms with van der Waals surface area (Å²) in [7, 11) is 0. The van der Waals surface area contributed by atoms with Crippen molar-refractivity contribution in [1.82, 2.24) is 0 Å². The van der Waals surface area contributed by atoms with E-state index in [9.17, 15) is 8.78 Å². The van der Waals surface area contributed by atoms with E-state index in [1.165, 1.54) is 6.07 Å². The van der Waals surface area contributed by atoms with Crippen molar-refractivity contribution in [2.75, 3.05) is 6.61 Å². The first-order valence-electron chi connectivity index (χ1n) is 9.49. The van der Waals surface area contributed by atoms with Gasteiger partial charge in [0.15, 0.2) is 11.6 Å². The van der Waals surface area contributed by atoms with Crippen molar-refractivity contribution in [1.29, 1.82) is 0 Å². The van der Waals surface area contributed by atoms with Crippen molar-refractivity contribution >= 4 is 0 Å². The molecule has 0 aromatic heterocycles. The van der Waals surface area contributed by atoms with E-state index in [2.05, 4.69) is 26.3 Å². The van der Waals surface area contributed by atoms with Crippen LogP contribution in [-0.2, 0) is 6.42 Å². The van der Waals surface area contributed by atoms with Crippen LogP contribution in [0.1, 0.15) is 38.7 Å². The van der Waals surface area contributed by atoms with Gasteiger partial charge in [-0.3, -0.25) is 0 Å². The molecule has 0 aliphatic heterocycles. The molecule has 0 unspecified atom stereocenters. The average molecular weight is 385 g/mol. The number of benzene rings is 1. The van der Waals surface area contributed by atoms with Crippen molar-refractivity contribution in [3.8, 4) is 5.75 Å². The van der Waals surface area contributed by atoms with Crippen LogP contribution >= 0.6 is 0 Å². The van der Waals surface area contributed by atoms with Gasteiger partial charge in [-0.1, -0.05) is 81.7 Å². The number of rotatable bonds is 12. The molecule has 0 aliphatic carbocycles. The lowest BCUT2D eigenvalue weighted by Gasteiger charge is -2.10. The molecule has 150 valence electrons. The molecule has 0 spiro atoms. The SMILES string of the molecule is C=C(/C=C\C(=C)C(=C)/C=C\C(=C)CCc1ccc(OCCC)c(F)c1F)CC. The van der Waals surface area contributed by atoms with Gasteiger partial charge in [0.2, 0.25) is 5.82 Å². The normalized spacial score (nSPS) is 11.1. The van der Waals surface area contributed by atoms with Crippen LogP contribution in [0.5, 0.6) is 5.75 Å². The number of hydrogen-bond acceptors (Lipinski definition) is 1. The van der Waals surface area contributed by atoms with E-state index in [1.54, 1.807) is 6.07 Å². The molecule has 0 atom stereocenters. The summed E-state index contributed by atoms with van der Waals surface area (Å²) in [6.07, 6.45) is 9.91. The Hall–Kier alpha value is -2.68. The number of allylic oxidation sites excluding steroid dienone is 8. The summed E-state index contributed by atoms with van der Waals surface area (Å²) < 4.78 is 33.4. The lowest BCUT2D eigenvalue weighted by atomic mass is 10.0. The minimum absolute atomic E-state index is 0.0459. The molecular formula is C25H30F2O. The summed E-state index contributed by atoms with van der Waals surface area (Å²) in [5, 5.41) is 0. The zero-order valence-corrected chi connectivity index (χ0v) is 17.0. The molecule has 0 saturated carbocycles. The van der Waals surface area contributed by atoms with Gasteiger partial charge < -0.3 is 4.74 Å². The molecule has 1 rings (SSSR count). The molecule has 0 heterocycles. The third kappa shape index (κ3) is 7.51. The monoisotopic (exact) mass is 384 g/mol. The number of aryl methyl sites for hydroxylation is 1. The highest BCUT2D eigenvalue weighted by molar-refractivity contribution is 5.45. The van der Waals surface area contributed by atoms with Gasteiger partial charge in [-0.15, -0.1) is 0 Å². The summed E-state index contributed by atoms with van der Waals surface area (Å²) in [5.74, 6) is -1.84. The van der Waals surface area contributed by atoms with E-state index in [1.807, 2.05) is 38.2 Å². The Morgan fingerprint density at radius 2 is 1.50 bits per heavy atom. The maximum Gasteiger partial charge on any atom is 0.200 e. The lowest BCUT2D eigenvalue weighted by molar-refractivity contribution is 0.294. The fourth-order valence-corrected chi connectivity index (χ4v) is 2.24. The van der Waals surface area contributed by atoms with Crippen molar-refractivity contribution < 1.29 is 13.5 Å². The molecule has 3 heteroatoms. The number of halogens is 2. The quantitative estimate of drug-likeness (QED) is 0.340. The second-order valence-electron chi connectivity index (χ2n) is 6.59. The first kappa shape index (κ1) is 23.4. The maximum atomic E-state index is 14.2. The summed E-state index contributed by atoms with van der Waals surface area (Å²) in [6, 6.07) is 3.04. The molecule has 0 N–H and O–H groups in total. The molecule has 0 saturated heterocycles. The van der Waals surface area contributed by atoms with E-state index in [0.717, 1.165) is 35.1 Å². The molecule has 0 aliphatic rings. The number of ether oxygens (including phenoxy) is 1. The van der Waals surface area contributed by atoms with Crippen molar-refractivity contribution in [2.24, 2.45) is 0 Å². The van der Waals surface area contributed by atoms with Gasteiger partial charge in [0.1, 0.15) is 0 Å². The third-order valence-corrected chi connectivity index (χ3v) is 4.21. The molecule has 0 fully saturated rings. The highest BCUT2D eigenvalue weighted by Crippen LogP contribution is 2.24. The van der Waals surface area contributed by atoms with Crippen molar-refractivity contribution in [3.63, 3.8) is 0 Å². The Labute approximate surface area is 168 Å². The van der Waals surface area contributed by atoms with E-state index in [0.29, 0.717) is 25.0 Å². The van der Waals surface area contributed by atoms with Gasteiger partial charge in [0.25, 0.3) is 0 Å². The van der Waals surface area contributed by atoms with Crippen molar-refractivity contribution in [3.05, 3.63) is 102 Å². The summed E-state index contributed by atoms with van der Waals surface area (Å²) >= 11 is 0. The molecular weight excluding hydrogens is 354 g/mol. The van der Waals surface area contributed by atoms with E-state index in [-0.39, 0.29) is 5.75 Å². The predicted molar refractivity (Wildman–Crippen MR) is 116 cm³/mol. The van der Waals surface area contributed by atoms with Crippen LogP contribution in [0.25, 0.3) is 0 Å². The van der Waals surface area contributed by atoms with Crippen LogP contribution in [0.3, 0.4) is 0 Å². The van der Waals surface area contributed by atoms with Crippen molar-refractivity contribution in [2.45, 2.75) is 39.5 Å². The lowest BCUT2D eigenvalue weighted by Crippen LogP contribution is -2.02. The standard InChI is InChI=1S/C25H30F2O/c1-7-17-28-23-16-15-22(24(26)25(23)27)14-11-19(4)10-13-21(6)20(5)12-9-18(3)8-2/h9-10,12-13,15-16H,3-8,11,14,17H2,1-2H3/b12-9-,13-10-. The minimum atomic E-state index is -0.933. The molecule has 1 aromatic rings. The van der Waals surface area contributed by atoms with Gasteiger partial charge in [-0.05, 0) is 48.5 Å². The average Bonchev–Trinajstić information content (AvgIpc) is 2.70. The summed E-state index contributed by atoms with van der Waals surface area (Å²) in [5.41, 5.74) is 3.66. The van der Waals surface area contributed by atoms with E-state index < -0.39 is 11.6 Å². The van der Waals surface area contributed by atoms with Gasteiger partial charge in [-0.2, -0.15) is 4.39 Å². The first-order chi connectivity index (χ1) is 13.3. The van der Waals surface area contributed by atoms with Gasteiger partial charge >= 0.3 is 0 Å². The smallest absolute Gasteiger partial charge is 0.200 e. The molecule has 0 bridgehead atoms. The zero-order valence-electron chi connectivity index (χ0n) is 17.0. The van der Waals surface area contributed by atoms with Crippen LogP contribution in [0.2, 0.25) is 0 Å². The highest BCUT2D eigenvalue weighted by atomic mass is 19.2. The van der Waals surface area contributed by atoms with Crippen LogP contribution < -0.4 is 4.74 Å². The third-order valence-electron chi connectivity index (χ3n) is 4.21. The summed E-state index contributed by atoms with van der Waals surface area (Å²) in [6.45, 7) is 20.1. The predicted octanol–water partition coefficient (Wildman–Crippen LogP) is 7.43. The Bertz CT molecular complexity index is 797. The summed E-state index contributed by atoms with van der Waals surface area (Å²) in [4.78, 5) is 0. The molecule has 28 heavy (non-hydrogen) atoms. The molecule has 0 radical (unpaired) electrons. The Morgan fingerprint density at radius 1 is 0.893 bits per heavy atom. The van der Waals surface area contributed by atoms with Crippen LogP contribution in [0.15, 0.2) is 85.0 Å². The largest absolute Gasteiger partial charge is 0.490 e. The van der Waals surface area contributed by atoms with E-state index in [4.69, 9.17) is 4.74 Å². The maximum absolute atomic E-state index is 14.2. The van der Waals surface area contributed by atoms with Gasteiger partial charge in [0, 0.05) is 0 Å². The molecule has 0 amide bonds. The minimum Gasteiger partial charge on any atom is -0.490 e. The van der Waals surface area contributed by atoms with E-state index >= 15 is 0 Å².